The first-order valence-electron chi connectivity index (χ1n) is 12.4. The Labute approximate surface area is 216 Å². The summed E-state index contributed by atoms with van der Waals surface area (Å²) in [4.78, 5) is 22.5. The molecule has 1 saturated heterocycles. The molecule has 2 aliphatic rings. The molecule has 0 bridgehead atoms. The lowest BCUT2D eigenvalue weighted by molar-refractivity contribution is -0.153. The monoisotopic (exact) mass is 494 g/mol. The first-order chi connectivity index (χ1) is 17.6. The Balaban J connectivity index is 1.48. The van der Waals surface area contributed by atoms with Gasteiger partial charge in [0.15, 0.2) is 5.78 Å². The Bertz CT molecular complexity index is 1450. The molecule has 3 atom stereocenters. The van der Waals surface area contributed by atoms with Crippen molar-refractivity contribution in [3.05, 3.63) is 119 Å². The summed E-state index contributed by atoms with van der Waals surface area (Å²) in [5.41, 5.74) is 2.86. The predicted molar refractivity (Wildman–Crippen MR) is 145 cm³/mol. The molecule has 1 spiro atoms. The van der Waals surface area contributed by atoms with E-state index >= 15 is 0 Å². The largest absolute Gasteiger partial charge is 0.378 e. The number of rotatable bonds is 4. The molecule has 0 N–H and O–H groups in total. The third-order valence-electron chi connectivity index (χ3n) is 7.69. The molecule has 6 rings (SSSR count). The zero-order valence-electron chi connectivity index (χ0n) is 20.1. The second-order valence-electron chi connectivity index (χ2n) is 9.70. The van der Waals surface area contributed by atoms with Gasteiger partial charge in [0.25, 0.3) is 0 Å². The lowest BCUT2D eigenvalue weighted by atomic mass is 9.71. The second kappa shape index (κ2) is 9.20. The van der Waals surface area contributed by atoms with Crippen molar-refractivity contribution in [3.8, 4) is 0 Å². The first-order valence-corrected chi connectivity index (χ1v) is 12.8. The number of fused-ring (bicyclic) bond motifs is 1. The van der Waals surface area contributed by atoms with Crippen molar-refractivity contribution in [2.24, 2.45) is 5.16 Å². The zero-order valence-corrected chi connectivity index (χ0v) is 20.9. The fourth-order valence-electron chi connectivity index (χ4n) is 5.73. The van der Waals surface area contributed by atoms with Crippen molar-refractivity contribution in [1.29, 1.82) is 0 Å². The van der Waals surface area contributed by atoms with Crippen LogP contribution in [0.15, 0.2) is 102 Å². The minimum absolute atomic E-state index is 0.102. The van der Waals surface area contributed by atoms with Gasteiger partial charge in [0.2, 0.25) is 5.60 Å². The number of Topliss-reactive ketones (excluding diaryl/α,β-unsaturated/α-hetero) is 1. The van der Waals surface area contributed by atoms with Crippen molar-refractivity contribution in [1.82, 2.24) is 4.90 Å². The summed E-state index contributed by atoms with van der Waals surface area (Å²) in [6.07, 6.45) is 0.419. The molecule has 2 aliphatic heterocycles. The van der Waals surface area contributed by atoms with E-state index in [0.717, 1.165) is 27.6 Å². The van der Waals surface area contributed by atoms with Crippen LogP contribution in [0.2, 0.25) is 5.02 Å². The number of piperidine rings is 1. The highest BCUT2D eigenvalue weighted by molar-refractivity contribution is 6.30. The number of nitrogens with zero attached hydrogens (tertiary/aromatic N) is 2. The van der Waals surface area contributed by atoms with E-state index in [1.807, 2.05) is 42.5 Å². The van der Waals surface area contributed by atoms with E-state index < -0.39 is 5.60 Å². The van der Waals surface area contributed by atoms with Crippen LogP contribution < -0.4 is 0 Å². The number of likely N-dealkylation sites (tertiary alicyclic amines) is 1. The number of oxime groups is 1. The van der Waals surface area contributed by atoms with Crippen LogP contribution >= 0.6 is 11.6 Å². The summed E-state index contributed by atoms with van der Waals surface area (Å²) in [6.45, 7) is 3.36. The van der Waals surface area contributed by atoms with Gasteiger partial charge in [0.05, 0.1) is 11.6 Å². The quantitative estimate of drug-likeness (QED) is 0.314. The molecular weight excluding hydrogens is 468 g/mol. The van der Waals surface area contributed by atoms with Gasteiger partial charge >= 0.3 is 0 Å². The molecule has 4 aromatic rings. The smallest absolute Gasteiger partial charge is 0.220 e. The number of halogens is 1. The van der Waals surface area contributed by atoms with E-state index in [2.05, 4.69) is 71.6 Å². The fourth-order valence-corrected chi connectivity index (χ4v) is 5.85. The van der Waals surface area contributed by atoms with Gasteiger partial charge < -0.3 is 4.84 Å². The highest BCUT2D eigenvalue weighted by Gasteiger charge is 2.58. The first kappa shape index (κ1) is 23.0. The average molecular weight is 495 g/mol. The van der Waals surface area contributed by atoms with Crippen LogP contribution in [0.3, 0.4) is 0 Å². The van der Waals surface area contributed by atoms with Crippen molar-refractivity contribution >= 4 is 33.9 Å². The van der Waals surface area contributed by atoms with Crippen LogP contribution in [0.5, 0.6) is 0 Å². The fraction of sp³-hybridized carbons (Fsp3) is 0.226. The number of hydrogen-bond acceptors (Lipinski definition) is 4. The van der Waals surface area contributed by atoms with Crippen LogP contribution in [0, 0.1) is 0 Å². The van der Waals surface area contributed by atoms with Crippen LogP contribution in [0.25, 0.3) is 10.8 Å². The Morgan fingerprint density at radius 1 is 0.944 bits per heavy atom. The normalized spacial score (nSPS) is 23.0. The van der Waals surface area contributed by atoms with Crippen molar-refractivity contribution < 1.29 is 9.63 Å². The Morgan fingerprint density at radius 2 is 1.67 bits per heavy atom. The van der Waals surface area contributed by atoms with Crippen molar-refractivity contribution in [2.45, 2.75) is 30.9 Å². The van der Waals surface area contributed by atoms with E-state index in [1.165, 1.54) is 5.56 Å². The molecule has 4 aromatic carbocycles. The van der Waals surface area contributed by atoms with Gasteiger partial charge in [-0.25, -0.2) is 0 Å². The number of carbonyl (C=O) groups is 1. The van der Waals surface area contributed by atoms with Crippen molar-refractivity contribution in [3.63, 3.8) is 0 Å². The molecule has 0 radical (unpaired) electrons. The summed E-state index contributed by atoms with van der Waals surface area (Å²) >= 11 is 6.20. The maximum Gasteiger partial charge on any atom is 0.220 e. The molecule has 4 nitrogen and oxygen atoms in total. The third-order valence-corrected chi connectivity index (χ3v) is 7.94. The predicted octanol–water partition coefficient (Wildman–Crippen LogP) is 6.79. The molecule has 1 fully saturated rings. The van der Waals surface area contributed by atoms with E-state index in [4.69, 9.17) is 16.4 Å². The maximum absolute atomic E-state index is 13.8. The van der Waals surface area contributed by atoms with Crippen LogP contribution in [0.1, 0.15) is 42.0 Å². The number of hydrogen-bond donors (Lipinski definition) is 0. The number of carbonyl (C=O) groups excluding carboxylic acids is 1. The van der Waals surface area contributed by atoms with Gasteiger partial charge in [-0.2, -0.15) is 0 Å². The minimum Gasteiger partial charge on any atom is -0.378 e. The van der Waals surface area contributed by atoms with Gasteiger partial charge in [-0.05, 0) is 41.0 Å². The third kappa shape index (κ3) is 3.82. The minimum atomic E-state index is -1.10. The van der Waals surface area contributed by atoms with Gasteiger partial charge in [-0.15, -0.1) is 0 Å². The number of ketones is 1. The van der Waals surface area contributed by atoms with Gasteiger partial charge in [0, 0.05) is 36.1 Å². The molecule has 5 heteroatoms. The van der Waals surface area contributed by atoms with Gasteiger partial charge in [-0.1, -0.05) is 102 Å². The Kier molecular flexibility index (Phi) is 5.87. The number of benzene rings is 4. The average Bonchev–Trinajstić information content (AvgIpc) is 3.30. The summed E-state index contributed by atoms with van der Waals surface area (Å²) in [5.74, 6) is -0.243. The van der Waals surface area contributed by atoms with Crippen LogP contribution in [-0.2, 0) is 9.63 Å². The molecule has 2 heterocycles. The highest BCUT2D eigenvalue weighted by Crippen LogP contribution is 2.46. The lowest BCUT2D eigenvalue weighted by Crippen LogP contribution is -2.58. The van der Waals surface area contributed by atoms with Crippen LogP contribution in [-0.4, -0.2) is 35.1 Å². The molecule has 36 heavy (non-hydrogen) atoms. The van der Waals surface area contributed by atoms with Crippen molar-refractivity contribution in [2.75, 3.05) is 13.1 Å². The van der Waals surface area contributed by atoms with E-state index in [0.29, 0.717) is 24.5 Å². The summed E-state index contributed by atoms with van der Waals surface area (Å²) in [6, 6.07) is 32.8. The van der Waals surface area contributed by atoms with Gasteiger partial charge in [-0.3, -0.25) is 9.69 Å². The maximum atomic E-state index is 13.8. The molecule has 0 aliphatic carbocycles. The van der Waals surface area contributed by atoms with E-state index in [9.17, 15) is 4.79 Å². The van der Waals surface area contributed by atoms with E-state index in [1.54, 1.807) is 0 Å². The Morgan fingerprint density at radius 3 is 2.47 bits per heavy atom. The van der Waals surface area contributed by atoms with Crippen LogP contribution in [0.4, 0.5) is 0 Å². The summed E-state index contributed by atoms with van der Waals surface area (Å²) in [5, 5.41) is 7.52. The SMILES string of the molecule is C[C@H](c1ccccc1)N1CCC(=O)[C@]2(C1)ON=C(c1ccc(Cl)cc1)[C@H]2c1cccc2ccccc12. The Hall–Kier alpha value is -3.47. The summed E-state index contributed by atoms with van der Waals surface area (Å²) in [7, 11) is 0. The zero-order chi connectivity index (χ0) is 24.7. The highest BCUT2D eigenvalue weighted by atomic mass is 35.5. The molecule has 0 amide bonds. The standard InChI is InChI=1S/C31H27ClN2O2/c1-21(22-8-3-2-4-9-22)34-19-18-28(35)31(20-34)29(27-13-7-11-23-10-5-6-12-26(23)27)30(33-36-31)24-14-16-25(32)17-15-24/h2-17,21,29H,18-20H2,1H3/t21-,29-,31+/m1/s1. The van der Waals surface area contributed by atoms with Gasteiger partial charge in [0.1, 0.15) is 0 Å². The molecule has 0 unspecified atom stereocenters. The molecule has 0 saturated carbocycles. The molecular formula is C31H27ClN2O2. The van der Waals surface area contributed by atoms with E-state index in [-0.39, 0.29) is 17.7 Å². The topological polar surface area (TPSA) is 41.9 Å². The summed E-state index contributed by atoms with van der Waals surface area (Å²) < 4.78 is 0. The molecule has 180 valence electrons. The molecule has 0 aromatic heterocycles. The second-order valence-corrected chi connectivity index (χ2v) is 10.1. The lowest BCUT2D eigenvalue weighted by Gasteiger charge is -2.43.